The molecule has 0 aliphatic heterocycles. The molecule has 2 aromatic carbocycles. The number of anilines is 1. The topological polar surface area (TPSA) is 47.6 Å². The second-order valence-corrected chi connectivity index (χ2v) is 4.78. The predicted octanol–water partition coefficient (Wildman–Crippen LogP) is 4.89. The lowest BCUT2D eigenvalue weighted by atomic mass is 10.3. The fourth-order valence-electron chi connectivity index (χ4n) is 1.59. The van der Waals surface area contributed by atoms with Crippen LogP contribution in [0.25, 0.3) is 0 Å². The Kier molecular flexibility index (Phi) is 5.33. The van der Waals surface area contributed by atoms with E-state index in [-0.39, 0.29) is 16.5 Å². The van der Waals surface area contributed by atoms with Crippen molar-refractivity contribution in [3.63, 3.8) is 0 Å². The Morgan fingerprint density at radius 1 is 1.09 bits per heavy atom. The summed E-state index contributed by atoms with van der Waals surface area (Å²) in [5.74, 6) is 0.229. The van der Waals surface area contributed by atoms with Crippen LogP contribution < -0.4 is 14.8 Å². The molecule has 4 nitrogen and oxygen atoms in total. The van der Waals surface area contributed by atoms with E-state index in [9.17, 15) is 18.0 Å². The van der Waals surface area contributed by atoms with Crippen LogP contribution in [-0.2, 0) is 0 Å². The number of rotatable bonds is 4. The number of benzene rings is 2. The Morgan fingerprint density at radius 2 is 1.78 bits per heavy atom. The average molecular weight is 346 g/mol. The van der Waals surface area contributed by atoms with Gasteiger partial charge in [0.2, 0.25) is 0 Å². The minimum atomic E-state index is -4.46. The Hall–Kier alpha value is -2.41. The van der Waals surface area contributed by atoms with E-state index in [2.05, 4.69) is 10.1 Å². The molecule has 0 aliphatic rings. The minimum absolute atomic E-state index is 0.0762. The average Bonchev–Trinajstić information content (AvgIpc) is 2.48. The van der Waals surface area contributed by atoms with E-state index in [1.54, 1.807) is 30.3 Å². The molecular formula is C15H11ClF3NO3. The number of carbonyl (C=O) groups excluding carboxylic acids is 1. The second kappa shape index (κ2) is 7.23. The maximum atomic E-state index is 12.1. The van der Waals surface area contributed by atoms with Gasteiger partial charge in [-0.2, -0.15) is 13.2 Å². The number of halogens is 4. The third-order valence-electron chi connectivity index (χ3n) is 2.53. The lowest BCUT2D eigenvalue weighted by molar-refractivity contribution is -0.153. The minimum Gasteiger partial charge on any atom is -0.484 e. The Bertz CT molecular complexity index is 677. The summed E-state index contributed by atoms with van der Waals surface area (Å²) in [6, 6.07) is 12.0. The molecule has 0 bridgehead atoms. The molecular weight excluding hydrogens is 335 g/mol. The van der Waals surface area contributed by atoms with Gasteiger partial charge in [0, 0.05) is 6.07 Å². The van der Waals surface area contributed by atoms with Gasteiger partial charge in [-0.3, -0.25) is 5.32 Å². The first-order chi connectivity index (χ1) is 10.8. The van der Waals surface area contributed by atoms with Crippen molar-refractivity contribution in [1.29, 1.82) is 0 Å². The first-order valence-electron chi connectivity index (χ1n) is 6.36. The molecule has 0 aromatic heterocycles. The number of hydrogen-bond donors (Lipinski definition) is 1. The zero-order valence-corrected chi connectivity index (χ0v) is 12.3. The molecule has 23 heavy (non-hydrogen) atoms. The SMILES string of the molecule is O=C(Nc1cc(OCC(F)(F)F)ccc1Cl)Oc1ccccc1. The summed E-state index contributed by atoms with van der Waals surface area (Å²) < 4.78 is 46.0. The number of alkyl halides is 3. The summed E-state index contributed by atoms with van der Waals surface area (Å²) in [7, 11) is 0. The van der Waals surface area contributed by atoms with Crippen molar-refractivity contribution in [1.82, 2.24) is 0 Å². The molecule has 0 aliphatic carbocycles. The van der Waals surface area contributed by atoms with Gasteiger partial charge in [0.1, 0.15) is 11.5 Å². The molecule has 122 valence electrons. The van der Waals surface area contributed by atoms with Crippen LogP contribution in [0.2, 0.25) is 5.02 Å². The number of hydrogen-bond acceptors (Lipinski definition) is 3. The van der Waals surface area contributed by atoms with E-state index in [4.69, 9.17) is 16.3 Å². The highest BCUT2D eigenvalue weighted by Crippen LogP contribution is 2.28. The summed E-state index contributed by atoms with van der Waals surface area (Å²) in [6.07, 6.45) is -5.29. The van der Waals surface area contributed by atoms with E-state index in [0.29, 0.717) is 5.75 Å². The van der Waals surface area contributed by atoms with E-state index in [1.165, 1.54) is 18.2 Å². The van der Waals surface area contributed by atoms with Crippen LogP contribution in [0.3, 0.4) is 0 Å². The highest BCUT2D eigenvalue weighted by Gasteiger charge is 2.28. The van der Waals surface area contributed by atoms with Crippen LogP contribution in [0.15, 0.2) is 48.5 Å². The van der Waals surface area contributed by atoms with Crippen LogP contribution >= 0.6 is 11.6 Å². The van der Waals surface area contributed by atoms with Crippen molar-refractivity contribution in [3.8, 4) is 11.5 Å². The summed E-state index contributed by atoms with van der Waals surface area (Å²) in [5, 5.41) is 2.48. The quantitative estimate of drug-likeness (QED) is 0.858. The standard InChI is InChI=1S/C15H11ClF3NO3/c16-12-7-6-11(22-9-15(17,18)19)8-13(12)20-14(21)23-10-4-2-1-3-5-10/h1-8H,9H2,(H,20,21). The fraction of sp³-hybridized carbons (Fsp3) is 0.133. The van der Waals surface area contributed by atoms with Gasteiger partial charge in [-0.25, -0.2) is 4.79 Å². The van der Waals surface area contributed by atoms with Crippen LogP contribution in [-0.4, -0.2) is 18.9 Å². The van der Waals surface area contributed by atoms with Gasteiger partial charge >= 0.3 is 12.3 Å². The van der Waals surface area contributed by atoms with Gasteiger partial charge in [-0.1, -0.05) is 29.8 Å². The van der Waals surface area contributed by atoms with E-state index in [0.717, 1.165) is 0 Å². The van der Waals surface area contributed by atoms with E-state index in [1.807, 2.05) is 0 Å². The second-order valence-electron chi connectivity index (χ2n) is 4.37. The van der Waals surface area contributed by atoms with E-state index < -0.39 is 18.9 Å². The monoisotopic (exact) mass is 345 g/mol. The van der Waals surface area contributed by atoms with Gasteiger partial charge in [0.25, 0.3) is 0 Å². The number of amides is 1. The summed E-state index contributed by atoms with van der Waals surface area (Å²) in [6.45, 7) is -1.44. The lowest BCUT2D eigenvalue weighted by Crippen LogP contribution is -2.19. The van der Waals surface area contributed by atoms with Gasteiger partial charge in [0.05, 0.1) is 10.7 Å². The van der Waals surface area contributed by atoms with Crippen molar-refractivity contribution in [2.45, 2.75) is 6.18 Å². The van der Waals surface area contributed by atoms with Crippen molar-refractivity contribution >= 4 is 23.4 Å². The van der Waals surface area contributed by atoms with Crippen LogP contribution in [0.1, 0.15) is 0 Å². The van der Waals surface area contributed by atoms with Crippen LogP contribution in [0.5, 0.6) is 11.5 Å². The number of carbonyl (C=O) groups is 1. The summed E-state index contributed by atoms with van der Waals surface area (Å²) >= 11 is 5.89. The largest absolute Gasteiger partial charge is 0.484 e. The van der Waals surface area contributed by atoms with Crippen molar-refractivity contribution in [3.05, 3.63) is 53.6 Å². The van der Waals surface area contributed by atoms with Crippen molar-refractivity contribution in [2.75, 3.05) is 11.9 Å². The van der Waals surface area contributed by atoms with Crippen LogP contribution in [0.4, 0.5) is 23.7 Å². The maximum Gasteiger partial charge on any atom is 0.422 e. The smallest absolute Gasteiger partial charge is 0.422 e. The fourth-order valence-corrected chi connectivity index (χ4v) is 1.75. The number of nitrogens with one attached hydrogen (secondary N) is 1. The van der Waals surface area contributed by atoms with Crippen LogP contribution in [0, 0.1) is 0 Å². The first-order valence-corrected chi connectivity index (χ1v) is 6.74. The molecule has 0 spiro atoms. The molecule has 0 unspecified atom stereocenters. The molecule has 0 radical (unpaired) electrons. The zero-order valence-electron chi connectivity index (χ0n) is 11.6. The van der Waals surface area contributed by atoms with Crippen molar-refractivity contribution in [2.24, 2.45) is 0 Å². The van der Waals surface area contributed by atoms with Gasteiger partial charge in [0.15, 0.2) is 6.61 Å². The predicted molar refractivity (Wildman–Crippen MR) is 79.1 cm³/mol. The normalized spacial score (nSPS) is 11.0. The van der Waals surface area contributed by atoms with E-state index >= 15 is 0 Å². The summed E-state index contributed by atoms with van der Waals surface area (Å²) in [5.41, 5.74) is 0.0762. The zero-order chi connectivity index (χ0) is 16.9. The maximum absolute atomic E-state index is 12.1. The molecule has 8 heteroatoms. The Labute approximate surface area is 134 Å². The molecule has 0 atom stereocenters. The third-order valence-corrected chi connectivity index (χ3v) is 2.86. The highest BCUT2D eigenvalue weighted by atomic mass is 35.5. The molecule has 0 heterocycles. The molecule has 1 N–H and O–H groups in total. The molecule has 0 saturated heterocycles. The third kappa shape index (κ3) is 5.71. The first kappa shape index (κ1) is 17.0. The van der Waals surface area contributed by atoms with Gasteiger partial charge in [-0.15, -0.1) is 0 Å². The molecule has 1 amide bonds. The number of para-hydroxylation sites is 1. The molecule has 0 fully saturated rings. The van der Waals surface area contributed by atoms with Gasteiger partial charge in [-0.05, 0) is 24.3 Å². The van der Waals surface area contributed by atoms with Gasteiger partial charge < -0.3 is 9.47 Å². The Balaban J connectivity index is 2.02. The molecule has 2 aromatic rings. The molecule has 2 rings (SSSR count). The lowest BCUT2D eigenvalue weighted by Gasteiger charge is -2.12. The Morgan fingerprint density at radius 3 is 2.43 bits per heavy atom. The molecule has 0 saturated carbocycles. The number of ether oxygens (including phenoxy) is 2. The highest BCUT2D eigenvalue weighted by molar-refractivity contribution is 6.33. The summed E-state index contributed by atoms with van der Waals surface area (Å²) in [4.78, 5) is 11.7. The van der Waals surface area contributed by atoms with Crippen molar-refractivity contribution < 1.29 is 27.4 Å².